The molecule has 0 saturated heterocycles. The Morgan fingerprint density at radius 1 is 1.35 bits per heavy atom. The Morgan fingerprint density at radius 3 is 3.00 bits per heavy atom. The third-order valence-corrected chi connectivity index (χ3v) is 3.17. The molecule has 0 aromatic heterocycles. The molecule has 96 valence electrons. The smallest absolute Gasteiger partial charge is 0.0698 e. The fourth-order valence-electron chi connectivity index (χ4n) is 1.40. The Morgan fingerprint density at radius 2 is 2.24 bits per heavy atom. The van der Waals surface area contributed by atoms with E-state index in [1.807, 2.05) is 0 Å². The molecule has 1 aromatic rings. The molecule has 17 heavy (non-hydrogen) atoms. The highest BCUT2D eigenvalue weighted by Crippen LogP contribution is 2.18. The maximum absolute atomic E-state index is 8.56. The van der Waals surface area contributed by atoms with Crippen LogP contribution in [0.25, 0.3) is 0 Å². The number of rotatable bonds is 9. The van der Waals surface area contributed by atoms with Gasteiger partial charge in [0.15, 0.2) is 0 Å². The maximum Gasteiger partial charge on any atom is 0.0698 e. The summed E-state index contributed by atoms with van der Waals surface area (Å²) in [6, 6.07) is 8.55. The molecule has 0 aliphatic rings. The van der Waals surface area contributed by atoms with E-state index in [4.69, 9.17) is 9.84 Å². The van der Waals surface area contributed by atoms with Crippen LogP contribution in [-0.4, -0.2) is 37.2 Å². The fraction of sp³-hybridized carbons (Fsp3) is 0.538. The lowest BCUT2D eigenvalue weighted by Crippen LogP contribution is -2.11. The zero-order chi connectivity index (χ0) is 12.3. The van der Waals surface area contributed by atoms with Crippen LogP contribution in [0, 0.1) is 0 Å². The second-order valence-corrected chi connectivity index (χ2v) is 4.78. The van der Waals surface area contributed by atoms with E-state index in [1.165, 1.54) is 10.5 Å². The average Bonchev–Trinajstić information content (AvgIpc) is 2.37. The van der Waals surface area contributed by atoms with Gasteiger partial charge in [-0.2, -0.15) is 0 Å². The zero-order valence-corrected chi connectivity index (χ0v) is 11.1. The van der Waals surface area contributed by atoms with Crippen LogP contribution in [0.5, 0.6) is 0 Å². The van der Waals surface area contributed by atoms with Crippen LogP contribution < -0.4 is 5.32 Å². The number of thioether (sulfide) groups is 1. The number of hydrogen-bond acceptors (Lipinski definition) is 4. The number of hydrogen-bond donors (Lipinski definition) is 2. The van der Waals surface area contributed by atoms with E-state index < -0.39 is 0 Å². The summed E-state index contributed by atoms with van der Waals surface area (Å²) in [4.78, 5) is 1.27. The van der Waals surface area contributed by atoms with Crippen LogP contribution >= 0.6 is 11.8 Å². The molecule has 0 radical (unpaired) electrons. The first-order valence-electron chi connectivity index (χ1n) is 5.98. The summed E-state index contributed by atoms with van der Waals surface area (Å²) >= 11 is 1.78. The maximum atomic E-state index is 8.56. The van der Waals surface area contributed by atoms with Crippen LogP contribution in [-0.2, 0) is 11.3 Å². The van der Waals surface area contributed by atoms with Crippen molar-refractivity contribution in [2.24, 2.45) is 0 Å². The minimum absolute atomic E-state index is 0.100. The molecule has 0 heterocycles. The van der Waals surface area contributed by atoms with Gasteiger partial charge >= 0.3 is 0 Å². The summed E-state index contributed by atoms with van der Waals surface area (Å²) in [6.45, 7) is 5.24. The van der Waals surface area contributed by atoms with Gasteiger partial charge in [-0.05, 0) is 24.2 Å². The SMILES string of the molecule is CCNCc1cccc(SCCOCCO)c1. The molecule has 0 bridgehead atoms. The summed E-state index contributed by atoms with van der Waals surface area (Å²) in [6.07, 6.45) is 0. The fourth-order valence-corrected chi connectivity index (χ4v) is 2.25. The van der Waals surface area contributed by atoms with E-state index >= 15 is 0 Å². The van der Waals surface area contributed by atoms with E-state index in [0.29, 0.717) is 13.2 Å². The Bertz CT molecular complexity index is 307. The predicted octanol–water partition coefficient (Wildman–Crippen LogP) is 1.90. The van der Waals surface area contributed by atoms with Crippen LogP contribution in [0.2, 0.25) is 0 Å². The highest BCUT2D eigenvalue weighted by molar-refractivity contribution is 7.99. The van der Waals surface area contributed by atoms with Crippen LogP contribution in [0.15, 0.2) is 29.2 Å². The molecule has 0 amide bonds. The topological polar surface area (TPSA) is 41.5 Å². The molecular weight excluding hydrogens is 234 g/mol. The van der Waals surface area contributed by atoms with Crippen molar-refractivity contribution in [3.63, 3.8) is 0 Å². The van der Waals surface area contributed by atoms with Gasteiger partial charge < -0.3 is 15.2 Å². The normalized spacial score (nSPS) is 10.7. The highest BCUT2D eigenvalue weighted by atomic mass is 32.2. The van der Waals surface area contributed by atoms with Crippen molar-refractivity contribution in [2.75, 3.05) is 32.1 Å². The van der Waals surface area contributed by atoms with E-state index in [9.17, 15) is 0 Å². The third-order valence-electron chi connectivity index (χ3n) is 2.21. The van der Waals surface area contributed by atoms with Crippen molar-refractivity contribution in [1.82, 2.24) is 5.32 Å². The van der Waals surface area contributed by atoms with E-state index in [2.05, 4.69) is 36.5 Å². The van der Waals surface area contributed by atoms with Crippen molar-refractivity contribution in [1.29, 1.82) is 0 Å². The average molecular weight is 255 g/mol. The molecule has 1 rings (SSSR count). The molecule has 0 aliphatic carbocycles. The standard InChI is InChI=1S/C13H21NO2S/c1-2-14-11-12-4-3-5-13(10-12)17-9-8-16-7-6-15/h3-5,10,14-15H,2,6-9,11H2,1H3. The number of aliphatic hydroxyl groups excluding tert-OH is 1. The summed E-state index contributed by atoms with van der Waals surface area (Å²) in [5.74, 6) is 0.921. The lowest BCUT2D eigenvalue weighted by molar-refractivity contribution is 0.103. The molecule has 0 unspecified atom stereocenters. The molecule has 0 spiro atoms. The van der Waals surface area contributed by atoms with Gasteiger partial charge in [-0.25, -0.2) is 0 Å². The van der Waals surface area contributed by atoms with Gasteiger partial charge in [-0.3, -0.25) is 0 Å². The molecular formula is C13H21NO2S. The molecule has 1 aromatic carbocycles. The molecule has 4 heteroatoms. The van der Waals surface area contributed by atoms with Crippen molar-refractivity contribution < 1.29 is 9.84 Å². The quantitative estimate of drug-likeness (QED) is 0.522. The minimum Gasteiger partial charge on any atom is -0.394 e. The molecule has 0 aliphatic heterocycles. The summed E-state index contributed by atoms with van der Waals surface area (Å²) in [7, 11) is 0. The van der Waals surface area contributed by atoms with Gasteiger partial charge in [0, 0.05) is 17.2 Å². The Balaban J connectivity index is 2.27. The minimum atomic E-state index is 0.100. The Labute approximate surface area is 108 Å². The van der Waals surface area contributed by atoms with Crippen LogP contribution in [0.1, 0.15) is 12.5 Å². The first-order chi connectivity index (χ1) is 8.36. The summed E-state index contributed by atoms with van der Waals surface area (Å²) in [5.41, 5.74) is 1.31. The summed E-state index contributed by atoms with van der Waals surface area (Å²) in [5, 5.41) is 11.9. The molecule has 3 nitrogen and oxygen atoms in total. The van der Waals surface area contributed by atoms with Crippen molar-refractivity contribution in [2.45, 2.75) is 18.4 Å². The molecule has 0 fully saturated rings. The number of nitrogens with one attached hydrogen (secondary N) is 1. The van der Waals surface area contributed by atoms with Crippen molar-refractivity contribution >= 4 is 11.8 Å². The van der Waals surface area contributed by atoms with Crippen LogP contribution in [0.3, 0.4) is 0 Å². The van der Waals surface area contributed by atoms with Crippen molar-refractivity contribution in [3.8, 4) is 0 Å². The lowest BCUT2D eigenvalue weighted by Gasteiger charge is -2.06. The van der Waals surface area contributed by atoms with Gasteiger partial charge in [0.25, 0.3) is 0 Å². The second-order valence-electron chi connectivity index (χ2n) is 3.61. The zero-order valence-electron chi connectivity index (χ0n) is 10.3. The first kappa shape index (κ1) is 14.5. The van der Waals surface area contributed by atoms with Gasteiger partial charge in [-0.15, -0.1) is 11.8 Å². The molecule has 0 atom stereocenters. The largest absolute Gasteiger partial charge is 0.394 e. The molecule has 0 saturated carbocycles. The van der Waals surface area contributed by atoms with Gasteiger partial charge in [0.2, 0.25) is 0 Å². The molecule has 2 N–H and O–H groups in total. The van der Waals surface area contributed by atoms with E-state index in [-0.39, 0.29) is 6.61 Å². The van der Waals surface area contributed by atoms with E-state index in [1.54, 1.807) is 11.8 Å². The van der Waals surface area contributed by atoms with E-state index in [0.717, 1.165) is 18.8 Å². The van der Waals surface area contributed by atoms with Gasteiger partial charge in [-0.1, -0.05) is 19.1 Å². The Kier molecular flexibility index (Phi) is 8.09. The van der Waals surface area contributed by atoms with Crippen molar-refractivity contribution in [3.05, 3.63) is 29.8 Å². The highest BCUT2D eigenvalue weighted by Gasteiger charge is 1.97. The second kappa shape index (κ2) is 9.48. The number of benzene rings is 1. The number of ether oxygens (including phenoxy) is 1. The predicted molar refractivity (Wildman–Crippen MR) is 72.5 cm³/mol. The van der Waals surface area contributed by atoms with Crippen LogP contribution in [0.4, 0.5) is 0 Å². The van der Waals surface area contributed by atoms with Gasteiger partial charge in [0.1, 0.15) is 0 Å². The first-order valence-corrected chi connectivity index (χ1v) is 6.96. The summed E-state index contributed by atoms with van der Waals surface area (Å²) < 4.78 is 5.22. The van der Waals surface area contributed by atoms with Gasteiger partial charge in [0.05, 0.1) is 19.8 Å². The number of aliphatic hydroxyl groups is 1. The lowest BCUT2D eigenvalue weighted by atomic mass is 10.2. The monoisotopic (exact) mass is 255 g/mol. The third kappa shape index (κ3) is 6.68. The Hall–Kier alpha value is -0.550.